The number of carbonyl (C=O) groups is 1. The van der Waals surface area contributed by atoms with Crippen LogP contribution in [0, 0.1) is 6.92 Å². The van der Waals surface area contributed by atoms with Crippen LogP contribution in [-0.2, 0) is 31.9 Å². The Labute approximate surface area is 188 Å². The summed E-state index contributed by atoms with van der Waals surface area (Å²) in [5.74, 6) is 0. The molecule has 32 heavy (non-hydrogen) atoms. The molecule has 5 aromatic rings. The number of amides is 1. The van der Waals surface area contributed by atoms with E-state index in [0.717, 1.165) is 61.5 Å². The van der Waals surface area contributed by atoms with E-state index in [2.05, 4.69) is 25.0 Å². The van der Waals surface area contributed by atoms with Crippen molar-refractivity contribution >= 4 is 45.2 Å². The standard InChI is InChI=1S/C22H22N8OS/c1-14-17(10-25-30(13-31)12-16-5-4-6-19-18(16)9-23-27-19)21-22(29(14)3)26-20(32-21)7-15-8-24-28(2)11-15/h4-6,8-11,13H,7,12H2,1-3H3,(H,23,27)/b25-10-. The zero-order valence-electron chi connectivity index (χ0n) is 18.0. The zero-order valence-corrected chi connectivity index (χ0v) is 18.8. The first-order chi connectivity index (χ1) is 15.5. The molecule has 0 atom stereocenters. The van der Waals surface area contributed by atoms with Crippen LogP contribution in [0.5, 0.6) is 0 Å². The summed E-state index contributed by atoms with van der Waals surface area (Å²) in [7, 11) is 3.91. The second kappa shape index (κ2) is 8.04. The molecule has 4 heterocycles. The summed E-state index contributed by atoms with van der Waals surface area (Å²) in [5, 5.41) is 19.2. The van der Waals surface area contributed by atoms with Gasteiger partial charge in [0.05, 0.1) is 35.4 Å². The zero-order chi connectivity index (χ0) is 22.2. The number of aryl methyl sites for hydroxylation is 2. The molecule has 5 rings (SSSR count). The van der Waals surface area contributed by atoms with E-state index >= 15 is 0 Å². The Morgan fingerprint density at radius 2 is 2.16 bits per heavy atom. The summed E-state index contributed by atoms with van der Waals surface area (Å²) in [6.45, 7) is 2.40. The molecule has 0 fully saturated rings. The van der Waals surface area contributed by atoms with Crippen LogP contribution in [0.1, 0.15) is 27.4 Å². The normalized spacial score (nSPS) is 11.8. The highest BCUT2D eigenvalue weighted by molar-refractivity contribution is 7.19. The summed E-state index contributed by atoms with van der Waals surface area (Å²) in [6.07, 6.45) is 8.87. The fourth-order valence-electron chi connectivity index (χ4n) is 3.81. The van der Waals surface area contributed by atoms with Crippen LogP contribution < -0.4 is 0 Å². The number of fused-ring (bicyclic) bond motifs is 2. The molecule has 10 heteroatoms. The average Bonchev–Trinajstić information content (AvgIpc) is 3.55. The van der Waals surface area contributed by atoms with Crippen molar-refractivity contribution in [3.05, 3.63) is 64.2 Å². The summed E-state index contributed by atoms with van der Waals surface area (Å²) in [6, 6.07) is 5.87. The minimum Gasteiger partial charge on any atom is -0.332 e. The molecule has 0 saturated heterocycles. The number of nitrogens with zero attached hydrogens (tertiary/aromatic N) is 7. The van der Waals surface area contributed by atoms with Crippen LogP contribution in [0.2, 0.25) is 0 Å². The number of rotatable bonds is 7. The first-order valence-electron chi connectivity index (χ1n) is 10.1. The number of aromatic amines is 1. The largest absolute Gasteiger partial charge is 0.332 e. The predicted molar refractivity (Wildman–Crippen MR) is 125 cm³/mol. The van der Waals surface area contributed by atoms with E-state index in [1.54, 1.807) is 28.4 Å². The fourth-order valence-corrected chi connectivity index (χ4v) is 5.00. The monoisotopic (exact) mass is 446 g/mol. The molecule has 0 aliphatic carbocycles. The minimum atomic E-state index is 0.362. The van der Waals surface area contributed by atoms with Crippen molar-refractivity contribution in [3.8, 4) is 0 Å². The maximum Gasteiger partial charge on any atom is 0.230 e. The first-order valence-corrected chi connectivity index (χ1v) is 10.9. The Bertz CT molecular complexity index is 1450. The third-order valence-electron chi connectivity index (χ3n) is 5.59. The van der Waals surface area contributed by atoms with Gasteiger partial charge in [0.1, 0.15) is 5.01 Å². The van der Waals surface area contributed by atoms with Gasteiger partial charge >= 0.3 is 0 Å². The van der Waals surface area contributed by atoms with Gasteiger partial charge < -0.3 is 4.57 Å². The summed E-state index contributed by atoms with van der Waals surface area (Å²) in [5.41, 5.74) is 5.99. The predicted octanol–water partition coefficient (Wildman–Crippen LogP) is 3.14. The number of nitrogens with one attached hydrogen (secondary N) is 1. The summed E-state index contributed by atoms with van der Waals surface area (Å²) >= 11 is 1.65. The van der Waals surface area contributed by atoms with Gasteiger partial charge in [0, 0.05) is 43.4 Å². The van der Waals surface area contributed by atoms with E-state index in [-0.39, 0.29) is 0 Å². The average molecular weight is 447 g/mol. The topological polar surface area (TPSA) is 97.0 Å². The lowest BCUT2D eigenvalue weighted by atomic mass is 10.1. The van der Waals surface area contributed by atoms with Crippen molar-refractivity contribution in [1.82, 2.24) is 34.5 Å². The highest BCUT2D eigenvalue weighted by Gasteiger charge is 2.17. The third-order valence-corrected chi connectivity index (χ3v) is 6.66. The van der Waals surface area contributed by atoms with Crippen LogP contribution in [0.3, 0.4) is 0 Å². The number of benzene rings is 1. The van der Waals surface area contributed by atoms with Crippen molar-refractivity contribution in [1.29, 1.82) is 0 Å². The lowest BCUT2D eigenvalue weighted by Gasteiger charge is -2.11. The second-order valence-corrected chi connectivity index (χ2v) is 8.80. The van der Waals surface area contributed by atoms with Gasteiger partial charge in [0.15, 0.2) is 5.65 Å². The maximum atomic E-state index is 11.7. The Morgan fingerprint density at radius 1 is 1.28 bits per heavy atom. The maximum absolute atomic E-state index is 11.7. The molecule has 0 bridgehead atoms. The molecule has 1 N–H and O–H groups in total. The van der Waals surface area contributed by atoms with Crippen molar-refractivity contribution < 1.29 is 4.79 Å². The van der Waals surface area contributed by atoms with E-state index in [9.17, 15) is 4.79 Å². The van der Waals surface area contributed by atoms with E-state index in [4.69, 9.17) is 4.98 Å². The number of carbonyl (C=O) groups excluding carboxylic acids is 1. The Kier molecular flexibility index (Phi) is 5.06. The molecule has 0 unspecified atom stereocenters. The van der Waals surface area contributed by atoms with Crippen LogP contribution in [0.15, 0.2) is 41.9 Å². The van der Waals surface area contributed by atoms with Crippen molar-refractivity contribution in [3.63, 3.8) is 0 Å². The van der Waals surface area contributed by atoms with E-state index in [1.165, 1.54) is 5.01 Å². The molecule has 0 saturated carbocycles. The molecular formula is C22H22N8OS. The Balaban J connectivity index is 1.43. The molecule has 0 aliphatic heterocycles. The number of hydrazone groups is 1. The van der Waals surface area contributed by atoms with Gasteiger partial charge in [-0.2, -0.15) is 15.3 Å². The van der Waals surface area contributed by atoms with Gasteiger partial charge in [-0.25, -0.2) is 9.99 Å². The fraction of sp³-hybridized carbons (Fsp3) is 0.227. The quantitative estimate of drug-likeness (QED) is 0.236. The molecule has 4 aromatic heterocycles. The molecule has 0 radical (unpaired) electrons. The first kappa shape index (κ1) is 20.1. The minimum absolute atomic E-state index is 0.362. The lowest BCUT2D eigenvalue weighted by Crippen LogP contribution is -2.15. The van der Waals surface area contributed by atoms with Crippen LogP contribution in [0.4, 0.5) is 0 Å². The van der Waals surface area contributed by atoms with Crippen LogP contribution in [0.25, 0.3) is 21.3 Å². The Hall–Kier alpha value is -3.79. The van der Waals surface area contributed by atoms with Gasteiger partial charge in [-0.05, 0) is 24.1 Å². The van der Waals surface area contributed by atoms with Gasteiger partial charge in [-0.3, -0.25) is 14.6 Å². The highest BCUT2D eigenvalue weighted by atomic mass is 32.1. The van der Waals surface area contributed by atoms with Crippen molar-refractivity contribution in [2.45, 2.75) is 19.9 Å². The van der Waals surface area contributed by atoms with Gasteiger partial charge in [0.25, 0.3) is 0 Å². The summed E-state index contributed by atoms with van der Waals surface area (Å²) < 4.78 is 4.93. The van der Waals surface area contributed by atoms with Crippen LogP contribution >= 0.6 is 11.3 Å². The highest BCUT2D eigenvalue weighted by Crippen LogP contribution is 2.30. The third kappa shape index (κ3) is 3.58. The van der Waals surface area contributed by atoms with E-state index in [0.29, 0.717) is 6.54 Å². The molecule has 9 nitrogen and oxygen atoms in total. The van der Waals surface area contributed by atoms with Crippen molar-refractivity contribution in [2.24, 2.45) is 19.2 Å². The Morgan fingerprint density at radius 3 is 2.94 bits per heavy atom. The number of hydrogen-bond donors (Lipinski definition) is 1. The van der Waals surface area contributed by atoms with Crippen LogP contribution in [-0.4, -0.2) is 47.2 Å². The van der Waals surface area contributed by atoms with Gasteiger partial charge in [0.2, 0.25) is 6.41 Å². The van der Waals surface area contributed by atoms with E-state index in [1.807, 2.05) is 51.6 Å². The smallest absolute Gasteiger partial charge is 0.230 e. The molecule has 1 aromatic carbocycles. The molecule has 162 valence electrons. The second-order valence-electron chi connectivity index (χ2n) is 7.71. The number of hydrogen-bond acceptors (Lipinski definition) is 6. The van der Waals surface area contributed by atoms with Crippen molar-refractivity contribution in [2.75, 3.05) is 0 Å². The number of thiazole rings is 1. The molecule has 0 spiro atoms. The molecular weight excluding hydrogens is 424 g/mol. The number of H-pyrrole nitrogens is 1. The molecule has 1 amide bonds. The lowest BCUT2D eigenvalue weighted by molar-refractivity contribution is -0.118. The molecule has 0 aliphatic rings. The van der Waals surface area contributed by atoms with Gasteiger partial charge in [-0.1, -0.05) is 12.1 Å². The van der Waals surface area contributed by atoms with E-state index < -0.39 is 0 Å². The SMILES string of the molecule is Cc1c(/C=N\N(C=O)Cc2cccc3[nH]ncc23)c2sc(Cc3cnn(C)c3)nc2n1C. The summed E-state index contributed by atoms with van der Waals surface area (Å²) in [4.78, 5) is 16.6. The number of aromatic nitrogens is 6. The van der Waals surface area contributed by atoms with Gasteiger partial charge in [-0.15, -0.1) is 11.3 Å².